The molecule has 1 fully saturated rings. The summed E-state index contributed by atoms with van der Waals surface area (Å²) in [5.74, 6) is 0. The minimum absolute atomic E-state index is 0.577. The van der Waals surface area contributed by atoms with Crippen LogP contribution in [-0.4, -0.2) is 17.5 Å². The molecule has 1 aromatic rings. The van der Waals surface area contributed by atoms with Crippen molar-refractivity contribution in [3.05, 3.63) is 35.9 Å². The van der Waals surface area contributed by atoms with Gasteiger partial charge in [-0.15, -0.1) is 0 Å². The second kappa shape index (κ2) is 6.20. The van der Waals surface area contributed by atoms with Gasteiger partial charge in [-0.2, -0.15) is 0 Å². The van der Waals surface area contributed by atoms with E-state index in [0.29, 0.717) is 6.04 Å². The third kappa shape index (κ3) is 3.10. The number of hydrogen-bond donors (Lipinski definition) is 0. The largest absolute Gasteiger partial charge is 0.294 e. The zero-order valence-corrected chi connectivity index (χ0v) is 11.2. The van der Waals surface area contributed by atoms with Crippen LogP contribution in [0.3, 0.4) is 0 Å². The Morgan fingerprint density at radius 1 is 1.24 bits per heavy atom. The van der Waals surface area contributed by atoms with Gasteiger partial charge in [-0.1, -0.05) is 50.1 Å². The van der Waals surface area contributed by atoms with E-state index < -0.39 is 0 Å². The highest BCUT2D eigenvalue weighted by Crippen LogP contribution is 2.30. The molecular weight excluding hydrogens is 206 g/mol. The Morgan fingerprint density at radius 2 is 2.00 bits per heavy atom. The summed E-state index contributed by atoms with van der Waals surface area (Å²) in [6.07, 6.45) is 6.85. The summed E-state index contributed by atoms with van der Waals surface area (Å²) in [4.78, 5) is 2.72. The van der Waals surface area contributed by atoms with Crippen molar-refractivity contribution in [3.8, 4) is 0 Å². The highest BCUT2D eigenvalue weighted by Gasteiger charge is 2.26. The maximum absolute atomic E-state index is 2.72. The molecule has 0 unspecified atom stereocenters. The molecule has 0 spiro atoms. The first-order valence-electron chi connectivity index (χ1n) is 7.13. The Bertz CT molecular complexity index is 318. The van der Waals surface area contributed by atoms with E-state index in [4.69, 9.17) is 0 Å². The smallest absolute Gasteiger partial charge is 0.0322 e. The van der Waals surface area contributed by atoms with E-state index in [0.717, 1.165) is 6.04 Å². The molecule has 2 atom stereocenters. The Balaban J connectivity index is 2.08. The van der Waals surface area contributed by atoms with E-state index >= 15 is 0 Å². The van der Waals surface area contributed by atoms with Gasteiger partial charge in [-0.05, 0) is 38.3 Å². The van der Waals surface area contributed by atoms with Crippen LogP contribution in [0, 0.1) is 0 Å². The number of rotatable bonds is 4. The fourth-order valence-corrected chi connectivity index (χ4v) is 3.10. The summed E-state index contributed by atoms with van der Waals surface area (Å²) in [7, 11) is 0. The Hall–Kier alpha value is -0.820. The second-order valence-electron chi connectivity index (χ2n) is 5.26. The summed E-state index contributed by atoms with van der Waals surface area (Å²) in [6, 6.07) is 12.3. The summed E-state index contributed by atoms with van der Waals surface area (Å²) >= 11 is 0. The fourth-order valence-electron chi connectivity index (χ4n) is 3.10. The van der Waals surface area contributed by atoms with Crippen molar-refractivity contribution in [3.63, 3.8) is 0 Å². The van der Waals surface area contributed by atoms with Gasteiger partial charge in [0.25, 0.3) is 0 Å². The number of hydrogen-bond acceptors (Lipinski definition) is 1. The molecule has 1 aliphatic rings. The molecule has 1 nitrogen and oxygen atoms in total. The molecule has 0 amide bonds. The quantitative estimate of drug-likeness (QED) is 0.742. The first kappa shape index (κ1) is 12.6. The first-order valence-corrected chi connectivity index (χ1v) is 7.13. The minimum atomic E-state index is 0.577. The van der Waals surface area contributed by atoms with E-state index in [1.807, 2.05) is 0 Å². The number of benzene rings is 1. The molecule has 2 rings (SSSR count). The average Bonchev–Trinajstić information content (AvgIpc) is 2.40. The van der Waals surface area contributed by atoms with Crippen molar-refractivity contribution in [2.45, 2.75) is 58.0 Å². The van der Waals surface area contributed by atoms with Crippen molar-refractivity contribution >= 4 is 0 Å². The van der Waals surface area contributed by atoms with Crippen LogP contribution in [0.15, 0.2) is 30.3 Å². The van der Waals surface area contributed by atoms with Gasteiger partial charge in [0, 0.05) is 12.1 Å². The summed E-state index contributed by atoms with van der Waals surface area (Å²) in [6.45, 7) is 5.95. The number of likely N-dealkylation sites (tertiary alicyclic amines) is 1. The van der Waals surface area contributed by atoms with Crippen LogP contribution in [0.25, 0.3) is 0 Å². The van der Waals surface area contributed by atoms with E-state index in [2.05, 4.69) is 49.1 Å². The molecule has 0 bridgehead atoms. The number of nitrogens with zero attached hydrogens (tertiary/aromatic N) is 1. The lowest BCUT2D eigenvalue weighted by Crippen LogP contribution is -2.41. The zero-order chi connectivity index (χ0) is 12.1. The van der Waals surface area contributed by atoms with Gasteiger partial charge in [0.2, 0.25) is 0 Å². The van der Waals surface area contributed by atoms with Gasteiger partial charge in [-0.3, -0.25) is 4.90 Å². The highest BCUT2D eigenvalue weighted by atomic mass is 15.2. The predicted molar refractivity (Wildman–Crippen MR) is 74.1 cm³/mol. The molecule has 94 valence electrons. The molecule has 0 radical (unpaired) electrons. The third-order valence-electron chi connectivity index (χ3n) is 4.07. The van der Waals surface area contributed by atoms with Gasteiger partial charge in [0.1, 0.15) is 0 Å². The van der Waals surface area contributed by atoms with Crippen LogP contribution in [-0.2, 0) is 0 Å². The summed E-state index contributed by atoms with van der Waals surface area (Å²) < 4.78 is 0. The maximum atomic E-state index is 2.72. The lowest BCUT2D eigenvalue weighted by Gasteiger charge is -2.40. The monoisotopic (exact) mass is 231 g/mol. The molecule has 17 heavy (non-hydrogen) atoms. The van der Waals surface area contributed by atoms with Crippen LogP contribution in [0.2, 0.25) is 0 Å². The van der Waals surface area contributed by atoms with Gasteiger partial charge in [0.05, 0.1) is 0 Å². The molecule has 1 aliphatic heterocycles. The Morgan fingerprint density at radius 3 is 2.71 bits per heavy atom. The fraction of sp³-hybridized carbons (Fsp3) is 0.625. The highest BCUT2D eigenvalue weighted by molar-refractivity contribution is 5.18. The number of piperidine rings is 1. The standard InChI is InChI=1S/C16H25N/c1-3-9-16-12-7-8-13-17(16)14(2)15-10-5-4-6-11-15/h4-6,10-11,14,16H,3,7-9,12-13H2,1-2H3/t14-,16-/m0/s1. The second-order valence-corrected chi connectivity index (χ2v) is 5.26. The Labute approximate surface area is 106 Å². The average molecular weight is 231 g/mol. The molecule has 0 aliphatic carbocycles. The zero-order valence-electron chi connectivity index (χ0n) is 11.2. The van der Waals surface area contributed by atoms with Crippen LogP contribution in [0.1, 0.15) is 57.6 Å². The molecule has 0 N–H and O–H groups in total. The topological polar surface area (TPSA) is 3.24 Å². The first-order chi connectivity index (χ1) is 8.33. The van der Waals surface area contributed by atoms with E-state index in [1.165, 1.54) is 44.2 Å². The molecule has 1 saturated heterocycles. The molecule has 0 saturated carbocycles. The third-order valence-corrected chi connectivity index (χ3v) is 4.07. The molecule has 1 heterocycles. The van der Waals surface area contributed by atoms with Crippen LogP contribution in [0.5, 0.6) is 0 Å². The van der Waals surface area contributed by atoms with Crippen LogP contribution >= 0.6 is 0 Å². The van der Waals surface area contributed by atoms with Crippen molar-refractivity contribution in [1.82, 2.24) is 4.90 Å². The lowest BCUT2D eigenvalue weighted by molar-refractivity contribution is 0.0963. The molecule has 1 heteroatoms. The van der Waals surface area contributed by atoms with E-state index in [9.17, 15) is 0 Å². The predicted octanol–water partition coefficient (Wildman–Crippen LogP) is 4.40. The van der Waals surface area contributed by atoms with Crippen molar-refractivity contribution < 1.29 is 0 Å². The van der Waals surface area contributed by atoms with E-state index in [-0.39, 0.29) is 0 Å². The summed E-state index contributed by atoms with van der Waals surface area (Å²) in [5.41, 5.74) is 1.47. The van der Waals surface area contributed by atoms with Gasteiger partial charge < -0.3 is 0 Å². The van der Waals surface area contributed by atoms with Gasteiger partial charge in [0.15, 0.2) is 0 Å². The Kier molecular flexibility index (Phi) is 4.61. The molecule has 0 aromatic heterocycles. The van der Waals surface area contributed by atoms with Gasteiger partial charge in [-0.25, -0.2) is 0 Å². The maximum Gasteiger partial charge on any atom is 0.0322 e. The van der Waals surface area contributed by atoms with Crippen molar-refractivity contribution in [1.29, 1.82) is 0 Å². The molecule has 1 aromatic carbocycles. The van der Waals surface area contributed by atoms with Crippen molar-refractivity contribution in [2.24, 2.45) is 0 Å². The van der Waals surface area contributed by atoms with E-state index in [1.54, 1.807) is 0 Å². The SMILES string of the molecule is CCC[C@H]1CCCCN1[C@@H](C)c1ccccc1. The molecular formula is C16H25N. The van der Waals surface area contributed by atoms with Crippen LogP contribution in [0.4, 0.5) is 0 Å². The van der Waals surface area contributed by atoms with Crippen LogP contribution < -0.4 is 0 Å². The van der Waals surface area contributed by atoms with Crippen molar-refractivity contribution in [2.75, 3.05) is 6.54 Å². The summed E-state index contributed by atoms with van der Waals surface area (Å²) in [5, 5.41) is 0. The minimum Gasteiger partial charge on any atom is -0.294 e. The lowest BCUT2D eigenvalue weighted by atomic mass is 9.94. The normalized spacial score (nSPS) is 23.5. The van der Waals surface area contributed by atoms with Gasteiger partial charge >= 0.3 is 0 Å².